The molecule has 0 radical (unpaired) electrons. The Morgan fingerprint density at radius 2 is 1.86 bits per heavy atom. The Morgan fingerprint density at radius 3 is 2.61 bits per heavy atom. The molecule has 36 heavy (non-hydrogen) atoms. The molecule has 2 heterocycles. The van der Waals surface area contributed by atoms with E-state index in [2.05, 4.69) is 20.7 Å². The van der Waals surface area contributed by atoms with Crippen LogP contribution in [-0.2, 0) is 11.4 Å². The van der Waals surface area contributed by atoms with Gasteiger partial charge in [0.1, 0.15) is 24.8 Å². The van der Waals surface area contributed by atoms with Gasteiger partial charge < -0.3 is 20.1 Å². The quantitative estimate of drug-likeness (QED) is 0.386. The first kappa shape index (κ1) is 23.1. The Morgan fingerprint density at radius 1 is 1.08 bits per heavy atom. The molecule has 0 unspecified atom stereocenters. The smallest absolute Gasteiger partial charge is 0.255 e. The maximum Gasteiger partial charge on any atom is 0.255 e. The second kappa shape index (κ2) is 9.91. The number of fused-ring (bicyclic) bond motifs is 1. The molecule has 9 heteroatoms. The number of para-hydroxylation sites is 1. The van der Waals surface area contributed by atoms with E-state index in [1.165, 1.54) is 18.5 Å². The Kier molecular flexibility index (Phi) is 6.36. The number of nitrogens with one attached hydrogen (secondary N) is 2. The van der Waals surface area contributed by atoms with Crippen LogP contribution in [0.25, 0.3) is 0 Å². The number of nitrogens with zero attached hydrogens (tertiary/aromatic N) is 3. The molecule has 1 aliphatic rings. The number of carbonyl (C=O) groups excluding carboxylic acids is 1. The number of rotatable bonds is 7. The number of methoxy groups -OCH3 is 1. The van der Waals surface area contributed by atoms with Crippen molar-refractivity contribution in [3.05, 3.63) is 107 Å². The lowest BCUT2D eigenvalue weighted by Gasteiger charge is -2.29. The van der Waals surface area contributed by atoms with Crippen LogP contribution < -0.4 is 20.1 Å². The predicted octanol–water partition coefficient (Wildman–Crippen LogP) is 4.93. The summed E-state index contributed by atoms with van der Waals surface area (Å²) in [5.41, 5.74) is 3.45. The fourth-order valence-corrected chi connectivity index (χ4v) is 4.13. The molecule has 3 aromatic carbocycles. The standard InChI is InChI=1S/C27H24FN5O3/c1-17-24(26(34)32-21-6-4-3-5-7-21)25(33-27(31-17)29-16-30-33)19-10-13-22(23(14-19)35-2)36-15-18-8-11-20(28)12-9-18/h3-14,16,25H,15H2,1-2H3,(H,32,34)(H,29,30,31)/t25-/m1/s1. The maximum absolute atomic E-state index is 13.4. The van der Waals surface area contributed by atoms with Crippen molar-refractivity contribution in [2.45, 2.75) is 19.6 Å². The normalized spacial score (nSPS) is 14.6. The number of allylic oxidation sites excluding steroid dienone is 1. The first-order chi connectivity index (χ1) is 17.5. The van der Waals surface area contributed by atoms with Gasteiger partial charge in [-0.05, 0) is 54.4 Å². The molecule has 1 aromatic heterocycles. The number of anilines is 2. The minimum Gasteiger partial charge on any atom is -0.493 e. The molecular formula is C27H24FN5O3. The van der Waals surface area contributed by atoms with E-state index in [1.54, 1.807) is 30.0 Å². The average Bonchev–Trinajstić information content (AvgIpc) is 3.36. The summed E-state index contributed by atoms with van der Waals surface area (Å²) in [5, 5.41) is 10.5. The highest BCUT2D eigenvalue weighted by Gasteiger charge is 2.34. The molecule has 5 rings (SSSR count). The lowest BCUT2D eigenvalue weighted by Crippen LogP contribution is -2.31. The van der Waals surface area contributed by atoms with Crippen LogP contribution in [0.1, 0.15) is 24.1 Å². The van der Waals surface area contributed by atoms with Crippen molar-refractivity contribution in [2.75, 3.05) is 17.7 Å². The van der Waals surface area contributed by atoms with Crippen LogP contribution in [0, 0.1) is 5.82 Å². The number of benzene rings is 3. The van der Waals surface area contributed by atoms with E-state index in [9.17, 15) is 9.18 Å². The molecule has 182 valence electrons. The van der Waals surface area contributed by atoms with Gasteiger partial charge in [0.25, 0.3) is 5.91 Å². The first-order valence-electron chi connectivity index (χ1n) is 11.3. The SMILES string of the molecule is COc1cc([C@@H]2C(C(=O)Nc3ccccc3)=C(C)Nc3ncnn32)ccc1OCc1ccc(F)cc1. The van der Waals surface area contributed by atoms with Gasteiger partial charge in [-0.15, -0.1) is 0 Å². The van der Waals surface area contributed by atoms with E-state index in [0.717, 1.165) is 11.1 Å². The fourth-order valence-electron chi connectivity index (χ4n) is 4.13. The number of hydrogen-bond donors (Lipinski definition) is 2. The van der Waals surface area contributed by atoms with Gasteiger partial charge in [0.2, 0.25) is 5.95 Å². The monoisotopic (exact) mass is 485 g/mol. The molecule has 0 saturated carbocycles. The molecule has 0 saturated heterocycles. The van der Waals surface area contributed by atoms with E-state index < -0.39 is 6.04 Å². The molecule has 1 aliphatic heterocycles. The van der Waals surface area contributed by atoms with E-state index >= 15 is 0 Å². The van der Waals surface area contributed by atoms with Crippen LogP contribution >= 0.6 is 0 Å². The third-order valence-electron chi connectivity index (χ3n) is 5.88. The highest BCUT2D eigenvalue weighted by molar-refractivity contribution is 6.06. The van der Waals surface area contributed by atoms with E-state index in [1.807, 2.05) is 49.4 Å². The van der Waals surface area contributed by atoms with Crippen LogP contribution in [0.2, 0.25) is 0 Å². The third-order valence-corrected chi connectivity index (χ3v) is 5.88. The van der Waals surface area contributed by atoms with Gasteiger partial charge in [-0.3, -0.25) is 4.79 Å². The fraction of sp³-hybridized carbons (Fsp3) is 0.148. The van der Waals surface area contributed by atoms with E-state index in [4.69, 9.17) is 9.47 Å². The van der Waals surface area contributed by atoms with Crippen molar-refractivity contribution in [1.82, 2.24) is 14.8 Å². The molecule has 8 nitrogen and oxygen atoms in total. The third kappa shape index (κ3) is 4.63. The van der Waals surface area contributed by atoms with Crippen molar-refractivity contribution < 1.29 is 18.7 Å². The van der Waals surface area contributed by atoms with Crippen molar-refractivity contribution in [1.29, 1.82) is 0 Å². The molecule has 0 fully saturated rings. The summed E-state index contributed by atoms with van der Waals surface area (Å²) in [7, 11) is 1.55. The Hall–Kier alpha value is -4.66. The number of hydrogen-bond acceptors (Lipinski definition) is 6. The highest BCUT2D eigenvalue weighted by Crippen LogP contribution is 2.39. The topological polar surface area (TPSA) is 90.3 Å². The van der Waals surface area contributed by atoms with Gasteiger partial charge in [-0.2, -0.15) is 10.1 Å². The largest absolute Gasteiger partial charge is 0.493 e. The lowest BCUT2D eigenvalue weighted by molar-refractivity contribution is -0.113. The van der Waals surface area contributed by atoms with Crippen LogP contribution in [0.15, 0.2) is 90.4 Å². The van der Waals surface area contributed by atoms with Gasteiger partial charge in [-0.1, -0.05) is 36.4 Å². The number of amides is 1. The van der Waals surface area contributed by atoms with Gasteiger partial charge in [0, 0.05) is 11.4 Å². The van der Waals surface area contributed by atoms with Crippen LogP contribution in [0.4, 0.5) is 16.0 Å². The molecule has 0 aliphatic carbocycles. The zero-order valence-corrected chi connectivity index (χ0v) is 19.7. The summed E-state index contributed by atoms with van der Waals surface area (Å²) in [6.45, 7) is 2.09. The number of halogens is 1. The zero-order valence-electron chi connectivity index (χ0n) is 19.7. The van der Waals surface area contributed by atoms with Gasteiger partial charge in [0.05, 0.1) is 12.7 Å². The second-order valence-corrected chi connectivity index (χ2v) is 8.24. The van der Waals surface area contributed by atoms with Crippen molar-refractivity contribution in [2.24, 2.45) is 0 Å². The molecule has 2 N–H and O–H groups in total. The molecule has 0 spiro atoms. The summed E-state index contributed by atoms with van der Waals surface area (Å²) in [4.78, 5) is 17.7. The minimum atomic E-state index is -0.549. The number of ether oxygens (including phenoxy) is 2. The first-order valence-corrected chi connectivity index (χ1v) is 11.3. The second-order valence-electron chi connectivity index (χ2n) is 8.24. The molecule has 4 aromatic rings. The number of aromatic nitrogens is 3. The van der Waals surface area contributed by atoms with Gasteiger partial charge in [0.15, 0.2) is 11.5 Å². The zero-order chi connectivity index (χ0) is 25.1. The van der Waals surface area contributed by atoms with Gasteiger partial charge >= 0.3 is 0 Å². The van der Waals surface area contributed by atoms with Crippen LogP contribution in [0.3, 0.4) is 0 Å². The van der Waals surface area contributed by atoms with Crippen molar-refractivity contribution in [3.63, 3.8) is 0 Å². The Labute approximate surface area is 207 Å². The lowest BCUT2D eigenvalue weighted by atomic mass is 9.94. The highest BCUT2D eigenvalue weighted by atomic mass is 19.1. The molecular weight excluding hydrogens is 461 g/mol. The maximum atomic E-state index is 13.4. The van der Waals surface area contributed by atoms with Gasteiger partial charge in [-0.25, -0.2) is 9.07 Å². The average molecular weight is 486 g/mol. The molecule has 1 amide bonds. The summed E-state index contributed by atoms with van der Waals surface area (Å²) in [6.07, 6.45) is 1.44. The number of carbonyl (C=O) groups is 1. The summed E-state index contributed by atoms with van der Waals surface area (Å²) >= 11 is 0. The summed E-state index contributed by atoms with van der Waals surface area (Å²) in [5.74, 6) is 0.993. The molecule has 0 bridgehead atoms. The Bertz CT molecular complexity index is 1420. The molecule has 1 atom stereocenters. The van der Waals surface area contributed by atoms with E-state index in [-0.39, 0.29) is 18.3 Å². The van der Waals surface area contributed by atoms with Crippen LogP contribution in [0.5, 0.6) is 11.5 Å². The van der Waals surface area contributed by atoms with E-state index in [0.29, 0.717) is 34.4 Å². The van der Waals surface area contributed by atoms with Crippen molar-refractivity contribution >= 4 is 17.5 Å². The summed E-state index contributed by atoms with van der Waals surface area (Å²) < 4.78 is 26.4. The van der Waals surface area contributed by atoms with Crippen molar-refractivity contribution in [3.8, 4) is 11.5 Å². The summed E-state index contributed by atoms with van der Waals surface area (Å²) in [6, 6.07) is 20.3. The predicted molar refractivity (Wildman–Crippen MR) is 133 cm³/mol. The van der Waals surface area contributed by atoms with Crippen LogP contribution in [-0.4, -0.2) is 27.8 Å². The Balaban J connectivity index is 1.47. The minimum absolute atomic E-state index is 0.250.